The van der Waals surface area contributed by atoms with Gasteiger partial charge in [-0.1, -0.05) is 123 Å². The van der Waals surface area contributed by atoms with Crippen LogP contribution in [0.15, 0.2) is 109 Å². The monoisotopic (exact) mass is 967 g/mol. The normalized spacial score (nSPS) is 15.0. The van der Waals surface area contributed by atoms with Crippen LogP contribution in [0, 0.1) is 65.6 Å². The average molecular weight is 968 g/mol. The van der Waals surface area contributed by atoms with Crippen molar-refractivity contribution in [3.63, 3.8) is 0 Å². The molecule has 0 atom stereocenters. The van der Waals surface area contributed by atoms with Crippen LogP contribution in [0.3, 0.4) is 0 Å². The third-order valence-electron chi connectivity index (χ3n) is 10.6. The van der Waals surface area contributed by atoms with Gasteiger partial charge < -0.3 is 16.0 Å². The number of anilines is 1. The van der Waals surface area contributed by atoms with E-state index in [2.05, 4.69) is 36.4 Å². The summed E-state index contributed by atoms with van der Waals surface area (Å²) in [6.45, 7) is 1.08. The van der Waals surface area contributed by atoms with Crippen molar-refractivity contribution < 1.29 is 59.7 Å². The standard InChI is InChI=1S/C12H12N2O2.C12H14N2.C12H13N.C8H7N.C2H4O2.Fe.HNO3.H2O4S/c13-9-12(7-1-2-8-12)10-3-5-11(6-4-10)14(15)16;13-9-12(7-1-2-8-12)10-3-5-11(14)6-4-10;13-10-12(8-4-5-9-12)11-6-2-1-3-7-11;9-7-6-8-4-2-1-3-5-8;1-2(3)4;;2-1(3)4;1-5(2,3)4/h3-6H,1-2,7-8H2;3-6H,1-2,7-8,14H2;1-3,6-7H,4-5,8-9H2;1-5H,6H2;1H3,(H,3,4);;(H,2,3,4);(H2,1,2,3,4). The Hall–Kier alpha value is -6.90. The zero-order valence-electron chi connectivity index (χ0n) is 36.3. The molecule has 3 saturated carbocycles. The molecular formula is C46H53FeN7O11S. The number of benzene rings is 4. The number of nitrogens with zero attached hydrogens (tertiary/aromatic N) is 6. The summed E-state index contributed by atoms with van der Waals surface area (Å²) in [6, 6.07) is 43.5. The third-order valence-corrected chi connectivity index (χ3v) is 10.6. The second-order valence-electron chi connectivity index (χ2n) is 15.0. The van der Waals surface area contributed by atoms with Crippen molar-refractivity contribution in [3.8, 4) is 24.3 Å². The molecule has 4 aromatic carbocycles. The molecule has 0 bridgehead atoms. The van der Waals surface area contributed by atoms with Gasteiger partial charge in [0.1, 0.15) is 0 Å². The van der Waals surface area contributed by atoms with E-state index in [0.29, 0.717) is 6.42 Å². The van der Waals surface area contributed by atoms with Crippen LogP contribution in [-0.2, 0) is 54.9 Å². The Balaban J connectivity index is 0.000000788. The number of hydrogen-bond acceptors (Lipinski definition) is 12. The molecule has 0 aromatic heterocycles. The number of rotatable bonds is 5. The summed E-state index contributed by atoms with van der Waals surface area (Å²) in [4.78, 5) is 27.5. The number of nitro groups is 1. The first-order valence-corrected chi connectivity index (χ1v) is 21.7. The van der Waals surface area contributed by atoms with E-state index in [-0.39, 0.29) is 33.6 Å². The van der Waals surface area contributed by atoms with Crippen molar-refractivity contribution >= 4 is 27.7 Å². The number of non-ortho nitro benzene ring substituents is 1. The van der Waals surface area contributed by atoms with E-state index in [1.54, 1.807) is 12.1 Å². The molecule has 3 aliphatic carbocycles. The van der Waals surface area contributed by atoms with Gasteiger partial charge in [0.25, 0.3) is 16.7 Å². The minimum absolute atomic E-state index is 0. The van der Waals surface area contributed by atoms with Crippen molar-refractivity contribution in [2.24, 2.45) is 0 Å². The van der Waals surface area contributed by atoms with E-state index in [0.717, 1.165) is 93.5 Å². The molecule has 6 N–H and O–H groups in total. The molecule has 3 fully saturated rings. The van der Waals surface area contributed by atoms with Gasteiger partial charge in [0, 0.05) is 41.8 Å². The summed E-state index contributed by atoms with van der Waals surface area (Å²) in [6.07, 6.45) is 13.1. The molecule has 66 heavy (non-hydrogen) atoms. The molecule has 0 saturated heterocycles. The SMILES string of the molecule is CC(=O)O.N#CC1(c2ccc(N)cc2)CCCC1.N#CC1(c2ccc([N+](=O)[O-])cc2)CCCC1.N#CC1(c2ccccc2)CCCC1.N#CCc1ccccc1.O=S(=O)(O)O.O=[N+]([O-])O.[Fe]. The van der Waals surface area contributed by atoms with E-state index in [4.69, 9.17) is 53.7 Å². The van der Waals surface area contributed by atoms with Crippen LogP contribution >= 0.6 is 0 Å². The maximum atomic E-state index is 10.5. The average Bonchev–Trinajstić information content (AvgIpc) is 4.08. The molecule has 0 spiro atoms. The van der Waals surface area contributed by atoms with Gasteiger partial charge in [0.05, 0.1) is 51.9 Å². The smallest absolute Gasteiger partial charge is 0.394 e. The largest absolute Gasteiger partial charge is 0.481 e. The van der Waals surface area contributed by atoms with Crippen LogP contribution in [-0.4, -0.2) is 43.8 Å². The Morgan fingerprint density at radius 1 is 0.636 bits per heavy atom. The fraction of sp³-hybridized carbons (Fsp3) is 0.370. The maximum absolute atomic E-state index is 10.5. The first-order chi connectivity index (χ1) is 30.7. The van der Waals surface area contributed by atoms with Crippen molar-refractivity contribution in [3.05, 3.63) is 152 Å². The van der Waals surface area contributed by atoms with Crippen LogP contribution in [0.25, 0.3) is 0 Å². The molecule has 0 heterocycles. The Bertz CT molecular complexity index is 2340. The first-order valence-electron chi connectivity index (χ1n) is 20.3. The van der Waals surface area contributed by atoms with E-state index in [1.165, 1.54) is 30.5 Å². The number of carboxylic acids is 1. The number of hydrogen-bond donors (Lipinski definition) is 5. The molecule has 7 rings (SSSR count). The summed E-state index contributed by atoms with van der Waals surface area (Å²) in [5.74, 6) is -0.833. The van der Waals surface area contributed by atoms with E-state index >= 15 is 0 Å². The van der Waals surface area contributed by atoms with Crippen LogP contribution < -0.4 is 5.73 Å². The number of carbonyl (C=O) groups is 1. The summed E-state index contributed by atoms with van der Waals surface area (Å²) >= 11 is 0. The maximum Gasteiger partial charge on any atom is 0.394 e. The predicted molar refractivity (Wildman–Crippen MR) is 240 cm³/mol. The number of nitriles is 4. The summed E-state index contributed by atoms with van der Waals surface area (Å²) in [5.41, 5.74) is 10.0. The van der Waals surface area contributed by atoms with Crippen molar-refractivity contribution in [1.82, 2.24) is 0 Å². The number of nitrogen functional groups attached to an aromatic ring is 1. The van der Waals surface area contributed by atoms with Crippen LogP contribution in [0.5, 0.6) is 0 Å². The van der Waals surface area contributed by atoms with Gasteiger partial charge in [0.15, 0.2) is 0 Å². The predicted octanol–water partition coefficient (Wildman–Crippen LogP) is 9.40. The molecule has 0 radical (unpaired) electrons. The van der Waals surface area contributed by atoms with Gasteiger partial charge in [-0.05, 0) is 72.9 Å². The molecule has 0 amide bonds. The zero-order chi connectivity index (χ0) is 48.9. The van der Waals surface area contributed by atoms with Gasteiger partial charge in [-0.25, -0.2) is 0 Å². The Labute approximate surface area is 395 Å². The molecule has 0 aliphatic heterocycles. The molecule has 352 valence electrons. The first kappa shape index (κ1) is 59.1. The van der Waals surface area contributed by atoms with Crippen molar-refractivity contribution in [2.75, 3.05) is 5.73 Å². The molecule has 0 unspecified atom stereocenters. The van der Waals surface area contributed by atoms with Crippen molar-refractivity contribution in [2.45, 2.75) is 107 Å². The van der Waals surface area contributed by atoms with Gasteiger partial charge in [0.2, 0.25) is 0 Å². The van der Waals surface area contributed by atoms with E-state index in [9.17, 15) is 25.9 Å². The van der Waals surface area contributed by atoms with E-state index in [1.807, 2.05) is 72.8 Å². The van der Waals surface area contributed by atoms with Crippen LogP contribution in [0.4, 0.5) is 11.4 Å². The quantitative estimate of drug-likeness (QED) is 0.0408. The summed E-state index contributed by atoms with van der Waals surface area (Å²) in [7, 11) is -4.67. The molecule has 18 nitrogen and oxygen atoms in total. The van der Waals surface area contributed by atoms with Gasteiger partial charge in [-0.3, -0.25) is 24.0 Å². The molecule has 3 aliphatic rings. The van der Waals surface area contributed by atoms with E-state index < -0.39 is 31.8 Å². The van der Waals surface area contributed by atoms with Crippen LogP contribution in [0.2, 0.25) is 0 Å². The fourth-order valence-corrected chi connectivity index (χ4v) is 7.48. The molecule has 20 heteroatoms. The fourth-order valence-electron chi connectivity index (χ4n) is 7.48. The Kier molecular flexibility index (Phi) is 27.1. The minimum atomic E-state index is -4.67. The summed E-state index contributed by atoms with van der Waals surface area (Å²) in [5, 5.41) is 67.6. The van der Waals surface area contributed by atoms with Gasteiger partial charge >= 0.3 is 10.4 Å². The molecular weight excluding hydrogens is 914 g/mol. The number of aliphatic carboxylic acids is 1. The van der Waals surface area contributed by atoms with Crippen molar-refractivity contribution in [1.29, 1.82) is 21.0 Å². The summed E-state index contributed by atoms with van der Waals surface area (Å²) < 4.78 is 31.6. The second-order valence-corrected chi connectivity index (χ2v) is 15.9. The van der Waals surface area contributed by atoms with Gasteiger partial charge in [-0.2, -0.15) is 29.5 Å². The zero-order valence-corrected chi connectivity index (χ0v) is 38.2. The second kappa shape index (κ2) is 30.3. The topological polar surface area (TPSA) is 340 Å². The number of carboxylic acid groups (broad SMARTS) is 1. The Morgan fingerprint density at radius 2 is 0.909 bits per heavy atom. The Morgan fingerprint density at radius 3 is 1.18 bits per heavy atom. The number of nitrogens with two attached hydrogens (primary N) is 1. The number of nitro benzene ring substituents is 1. The molecule has 4 aromatic rings. The van der Waals surface area contributed by atoms with Crippen LogP contribution in [0.1, 0.15) is 106 Å². The minimum Gasteiger partial charge on any atom is -0.481 e. The third kappa shape index (κ3) is 22.1. The van der Waals surface area contributed by atoms with Gasteiger partial charge in [-0.15, -0.1) is 10.1 Å².